The summed E-state index contributed by atoms with van der Waals surface area (Å²) in [5, 5.41) is 8.85. The number of carbonyl (C=O) groups excluding carboxylic acids is 1. The second-order valence-electron chi connectivity index (χ2n) is 8.43. The van der Waals surface area contributed by atoms with Gasteiger partial charge >= 0.3 is 0 Å². The Morgan fingerprint density at radius 2 is 1.66 bits per heavy atom. The zero-order valence-corrected chi connectivity index (χ0v) is 16.8. The van der Waals surface area contributed by atoms with Crippen LogP contribution in [0, 0.1) is 0 Å². The van der Waals surface area contributed by atoms with Gasteiger partial charge in [-0.3, -0.25) is 4.79 Å². The summed E-state index contributed by atoms with van der Waals surface area (Å²) >= 11 is 0. The van der Waals surface area contributed by atoms with Crippen LogP contribution < -0.4 is 4.90 Å². The topological polar surface area (TPSA) is 58.6 Å². The van der Waals surface area contributed by atoms with Crippen molar-refractivity contribution in [2.45, 2.75) is 37.0 Å². The molecule has 29 heavy (non-hydrogen) atoms. The van der Waals surface area contributed by atoms with E-state index in [2.05, 4.69) is 39.4 Å². The molecule has 6 nitrogen and oxygen atoms in total. The maximum Gasteiger partial charge on any atom is 0.233 e. The third kappa shape index (κ3) is 3.62. The molecule has 0 N–H and O–H groups in total. The molecule has 3 fully saturated rings. The number of hydrogen-bond donors (Lipinski definition) is 0. The third-order valence-corrected chi connectivity index (χ3v) is 6.64. The van der Waals surface area contributed by atoms with Gasteiger partial charge in [-0.05, 0) is 43.4 Å². The standard InChI is InChI=1S/C23H28N4O2/c28-22(23(10-16-29-17-11-23)19-4-2-1-3-5-19)27-14-12-26(13-15-27)21-9-8-20(24-25-21)18-6-7-18/h1-5,8-9,18H,6-7,10-17H2. The smallest absolute Gasteiger partial charge is 0.233 e. The molecule has 1 amide bonds. The van der Waals surface area contributed by atoms with Gasteiger partial charge in [-0.15, -0.1) is 5.10 Å². The summed E-state index contributed by atoms with van der Waals surface area (Å²) in [6, 6.07) is 14.5. The first-order valence-corrected chi connectivity index (χ1v) is 10.8. The van der Waals surface area contributed by atoms with Crippen LogP contribution in [0.1, 0.15) is 42.9 Å². The van der Waals surface area contributed by atoms with Gasteiger partial charge in [0.2, 0.25) is 5.91 Å². The van der Waals surface area contributed by atoms with Crippen LogP contribution in [0.5, 0.6) is 0 Å². The van der Waals surface area contributed by atoms with E-state index < -0.39 is 5.41 Å². The van der Waals surface area contributed by atoms with Crippen LogP contribution in [-0.4, -0.2) is 60.4 Å². The van der Waals surface area contributed by atoms with E-state index in [9.17, 15) is 4.79 Å². The van der Waals surface area contributed by atoms with Crippen LogP contribution in [0.3, 0.4) is 0 Å². The van der Waals surface area contributed by atoms with Crippen LogP contribution in [-0.2, 0) is 14.9 Å². The Morgan fingerprint density at radius 1 is 0.931 bits per heavy atom. The van der Waals surface area contributed by atoms with E-state index >= 15 is 0 Å². The monoisotopic (exact) mass is 392 g/mol. The molecule has 3 heterocycles. The zero-order chi connectivity index (χ0) is 19.7. The number of amides is 1. The molecule has 0 radical (unpaired) electrons. The summed E-state index contributed by atoms with van der Waals surface area (Å²) in [5.41, 5.74) is 1.79. The number of aromatic nitrogens is 2. The van der Waals surface area contributed by atoms with Gasteiger partial charge in [0.1, 0.15) is 0 Å². The van der Waals surface area contributed by atoms with E-state index in [0.29, 0.717) is 19.1 Å². The fourth-order valence-electron chi connectivity index (χ4n) is 4.65. The molecule has 0 spiro atoms. The highest BCUT2D eigenvalue weighted by Gasteiger charge is 2.44. The number of piperazine rings is 1. The Morgan fingerprint density at radius 3 is 2.28 bits per heavy atom. The van der Waals surface area contributed by atoms with E-state index in [-0.39, 0.29) is 5.91 Å². The molecule has 0 atom stereocenters. The lowest BCUT2D eigenvalue weighted by atomic mass is 9.73. The molecule has 1 aliphatic carbocycles. The summed E-state index contributed by atoms with van der Waals surface area (Å²) in [4.78, 5) is 18.0. The highest BCUT2D eigenvalue weighted by molar-refractivity contribution is 5.88. The molecule has 0 unspecified atom stereocenters. The van der Waals surface area contributed by atoms with Gasteiger partial charge < -0.3 is 14.5 Å². The van der Waals surface area contributed by atoms with E-state index in [1.54, 1.807) is 0 Å². The highest BCUT2D eigenvalue weighted by Crippen LogP contribution is 2.39. The molecule has 2 aliphatic heterocycles. The van der Waals surface area contributed by atoms with Gasteiger partial charge in [0.05, 0.1) is 11.1 Å². The molecule has 0 bridgehead atoms. The summed E-state index contributed by atoms with van der Waals surface area (Å²) in [7, 11) is 0. The van der Waals surface area contributed by atoms with Gasteiger partial charge in [0, 0.05) is 45.3 Å². The zero-order valence-electron chi connectivity index (χ0n) is 16.8. The van der Waals surface area contributed by atoms with Crippen LogP contribution in [0.25, 0.3) is 0 Å². The van der Waals surface area contributed by atoms with Crippen molar-refractivity contribution in [3.05, 3.63) is 53.7 Å². The second kappa shape index (κ2) is 7.75. The minimum Gasteiger partial charge on any atom is -0.381 e. The predicted molar refractivity (Wildman–Crippen MR) is 111 cm³/mol. The van der Waals surface area contributed by atoms with E-state index in [1.807, 2.05) is 23.1 Å². The van der Waals surface area contributed by atoms with Crippen LogP contribution in [0.15, 0.2) is 42.5 Å². The van der Waals surface area contributed by atoms with E-state index in [1.165, 1.54) is 12.8 Å². The van der Waals surface area contributed by atoms with Gasteiger partial charge in [-0.25, -0.2) is 0 Å². The lowest BCUT2D eigenvalue weighted by Gasteiger charge is -2.43. The predicted octanol–water partition coefficient (Wildman–Crippen LogP) is 2.75. The van der Waals surface area contributed by atoms with E-state index in [4.69, 9.17) is 4.74 Å². The second-order valence-corrected chi connectivity index (χ2v) is 8.43. The third-order valence-electron chi connectivity index (χ3n) is 6.64. The molecule has 152 valence electrons. The minimum atomic E-state index is -0.451. The molecule has 5 rings (SSSR count). The fourth-order valence-corrected chi connectivity index (χ4v) is 4.65. The molecular weight excluding hydrogens is 364 g/mol. The van der Waals surface area contributed by atoms with Crippen molar-refractivity contribution in [1.82, 2.24) is 15.1 Å². The molecular formula is C23H28N4O2. The van der Waals surface area contributed by atoms with Gasteiger partial charge in [0.25, 0.3) is 0 Å². The van der Waals surface area contributed by atoms with Crippen molar-refractivity contribution in [2.75, 3.05) is 44.3 Å². The quantitative estimate of drug-likeness (QED) is 0.801. The number of anilines is 1. The highest BCUT2D eigenvalue weighted by atomic mass is 16.5. The average molecular weight is 393 g/mol. The first-order valence-electron chi connectivity index (χ1n) is 10.8. The average Bonchev–Trinajstić information content (AvgIpc) is 3.65. The summed E-state index contributed by atoms with van der Waals surface area (Å²) < 4.78 is 5.60. The molecule has 6 heteroatoms. The van der Waals surface area contributed by atoms with Crippen molar-refractivity contribution in [3.8, 4) is 0 Å². The van der Waals surface area contributed by atoms with Crippen molar-refractivity contribution in [3.63, 3.8) is 0 Å². The SMILES string of the molecule is O=C(N1CCN(c2ccc(C3CC3)nn2)CC1)C1(c2ccccc2)CCOCC1. The molecule has 2 saturated heterocycles. The number of nitrogens with zero attached hydrogens (tertiary/aromatic N) is 4. The van der Waals surface area contributed by atoms with Crippen molar-refractivity contribution in [1.29, 1.82) is 0 Å². The number of rotatable bonds is 4. The Hall–Kier alpha value is -2.47. The Bertz CT molecular complexity index is 837. The van der Waals surface area contributed by atoms with Crippen LogP contribution in [0.2, 0.25) is 0 Å². The largest absolute Gasteiger partial charge is 0.381 e. The summed E-state index contributed by atoms with van der Waals surface area (Å²) in [5.74, 6) is 1.80. The molecule has 3 aliphatic rings. The number of carbonyl (C=O) groups is 1. The van der Waals surface area contributed by atoms with Crippen molar-refractivity contribution < 1.29 is 9.53 Å². The lowest BCUT2D eigenvalue weighted by Crippen LogP contribution is -2.56. The van der Waals surface area contributed by atoms with Crippen LogP contribution in [0.4, 0.5) is 5.82 Å². The Kier molecular flexibility index (Phi) is 4.96. The molecule has 1 saturated carbocycles. The summed E-state index contributed by atoms with van der Waals surface area (Å²) in [6.45, 7) is 4.32. The van der Waals surface area contributed by atoms with Crippen molar-refractivity contribution >= 4 is 11.7 Å². The molecule has 2 aromatic rings. The summed E-state index contributed by atoms with van der Waals surface area (Å²) in [6.07, 6.45) is 3.99. The fraction of sp³-hybridized carbons (Fsp3) is 0.522. The lowest BCUT2D eigenvalue weighted by molar-refractivity contribution is -0.141. The normalized spacial score (nSPS) is 21.8. The van der Waals surface area contributed by atoms with Gasteiger partial charge in [-0.1, -0.05) is 30.3 Å². The van der Waals surface area contributed by atoms with Gasteiger partial charge in [-0.2, -0.15) is 5.10 Å². The Labute approximate surface area is 171 Å². The van der Waals surface area contributed by atoms with Crippen molar-refractivity contribution in [2.24, 2.45) is 0 Å². The first kappa shape index (κ1) is 18.6. The molecule has 1 aromatic carbocycles. The van der Waals surface area contributed by atoms with Crippen LogP contribution >= 0.6 is 0 Å². The first-order chi connectivity index (χ1) is 14.3. The Balaban J connectivity index is 1.28. The number of ether oxygens (including phenoxy) is 1. The maximum atomic E-state index is 13.7. The maximum absolute atomic E-state index is 13.7. The van der Waals surface area contributed by atoms with Gasteiger partial charge in [0.15, 0.2) is 5.82 Å². The minimum absolute atomic E-state index is 0.252. The number of hydrogen-bond acceptors (Lipinski definition) is 5. The molecule has 1 aromatic heterocycles. The van der Waals surface area contributed by atoms with E-state index in [0.717, 1.165) is 56.1 Å². The number of benzene rings is 1.